The van der Waals surface area contributed by atoms with Crippen LogP contribution in [0.1, 0.15) is 20.7 Å². The highest BCUT2D eigenvalue weighted by Crippen LogP contribution is 2.31. The largest absolute Gasteiger partial charge is 0.465 e. The first-order valence-corrected chi connectivity index (χ1v) is 11.4. The molecule has 0 bridgehead atoms. The van der Waals surface area contributed by atoms with E-state index in [0.717, 1.165) is 9.37 Å². The van der Waals surface area contributed by atoms with Crippen LogP contribution in [0.25, 0.3) is 0 Å². The summed E-state index contributed by atoms with van der Waals surface area (Å²) >= 11 is 9.59. The van der Waals surface area contributed by atoms with Crippen LogP contribution in [-0.2, 0) is 14.3 Å². The summed E-state index contributed by atoms with van der Waals surface area (Å²) in [6.45, 7) is 0. The van der Waals surface area contributed by atoms with Crippen LogP contribution in [0.15, 0.2) is 88.0 Å². The fourth-order valence-electron chi connectivity index (χ4n) is 3.38. The van der Waals surface area contributed by atoms with Crippen molar-refractivity contribution in [3.8, 4) is 0 Å². The molecule has 3 aromatic rings. The van der Waals surface area contributed by atoms with Gasteiger partial charge in [-0.25, -0.2) is 9.69 Å². The molecule has 0 spiro atoms. The molecule has 10 heteroatoms. The van der Waals surface area contributed by atoms with E-state index < -0.39 is 17.8 Å². The van der Waals surface area contributed by atoms with Crippen LogP contribution in [0.3, 0.4) is 0 Å². The van der Waals surface area contributed by atoms with E-state index in [4.69, 9.17) is 16.3 Å². The number of carbonyl (C=O) groups excluding carboxylic acids is 4. The van der Waals surface area contributed by atoms with E-state index in [1.165, 1.54) is 37.4 Å². The number of ether oxygens (including phenoxy) is 1. The van der Waals surface area contributed by atoms with Gasteiger partial charge in [0.1, 0.15) is 10.7 Å². The standard InChI is InChI=1S/C25H17BrClN3O5/c1-35-25(34)15-7-5-9-17(13-15)30-23(32)20(27)21(24(30)33)28-16-8-4-6-14(12-16)22(31)29-19-11-3-2-10-18(19)26/h2-13,28H,1H3,(H,29,31). The molecular weight excluding hydrogens is 538 g/mol. The molecule has 0 saturated heterocycles. The number of nitrogens with one attached hydrogen (secondary N) is 2. The monoisotopic (exact) mass is 553 g/mol. The molecule has 176 valence electrons. The lowest BCUT2D eigenvalue weighted by Crippen LogP contribution is -2.32. The molecule has 0 aliphatic carbocycles. The number of nitrogens with zero attached hydrogens (tertiary/aromatic N) is 1. The molecule has 0 fully saturated rings. The van der Waals surface area contributed by atoms with Crippen LogP contribution in [0.2, 0.25) is 0 Å². The molecule has 1 heterocycles. The van der Waals surface area contributed by atoms with E-state index in [1.54, 1.807) is 36.4 Å². The maximum Gasteiger partial charge on any atom is 0.337 e. The smallest absolute Gasteiger partial charge is 0.337 e. The highest BCUT2D eigenvalue weighted by atomic mass is 79.9. The Morgan fingerprint density at radius 1 is 0.914 bits per heavy atom. The van der Waals surface area contributed by atoms with Crippen molar-refractivity contribution in [3.63, 3.8) is 0 Å². The number of rotatable bonds is 6. The van der Waals surface area contributed by atoms with Gasteiger partial charge < -0.3 is 15.4 Å². The Labute approximate surface area is 213 Å². The number of benzene rings is 3. The average molecular weight is 555 g/mol. The van der Waals surface area contributed by atoms with Crippen LogP contribution in [-0.4, -0.2) is 30.8 Å². The highest BCUT2D eigenvalue weighted by molar-refractivity contribution is 9.10. The summed E-state index contributed by atoms with van der Waals surface area (Å²) in [4.78, 5) is 51.3. The SMILES string of the molecule is COC(=O)c1cccc(N2C(=O)C(Cl)=C(Nc3cccc(C(=O)Nc4ccccc4Br)c3)C2=O)c1. The van der Waals surface area contributed by atoms with Gasteiger partial charge >= 0.3 is 5.97 Å². The number of methoxy groups -OCH3 is 1. The molecule has 0 aromatic heterocycles. The van der Waals surface area contributed by atoms with Gasteiger partial charge in [0.05, 0.1) is 24.0 Å². The third-order valence-corrected chi connectivity index (χ3v) is 6.11. The maximum absolute atomic E-state index is 13.1. The Kier molecular flexibility index (Phi) is 6.99. The van der Waals surface area contributed by atoms with Crippen molar-refractivity contribution in [2.75, 3.05) is 22.6 Å². The van der Waals surface area contributed by atoms with Crippen molar-refractivity contribution in [2.45, 2.75) is 0 Å². The Morgan fingerprint density at radius 2 is 1.63 bits per heavy atom. The average Bonchev–Trinajstić information content (AvgIpc) is 3.08. The second kappa shape index (κ2) is 10.1. The normalized spacial score (nSPS) is 13.2. The van der Waals surface area contributed by atoms with Gasteiger partial charge in [-0.3, -0.25) is 14.4 Å². The van der Waals surface area contributed by atoms with Gasteiger partial charge in [-0.05, 0) is 64.5 Å². The zero-order chi connectivity index (χ0) is 25.1. The summed E-state index contributed by atoms with van der Waals surface area (Å²) in [5.74, 6) is -2.43. The lowest BCUT2D eigenvalue weighted by molar-refractivity contribution is -0.120. The number of carbonyl (C=O) groups is 4. The van der Waals surface area contributed by atoms with E-state index in [1.807, 2.05) is 6.07 Å². The third kappa shape index (κ3) is 4.96. The summed E-state index contributed by atoms with van der Waals surface area (Å²) in [5.41, 5.74) is 1.49. The van der Waals surface area contributed by atoms with Crippen molar-refractivity contribution in [1.29, 1.82) is 0 Å². The summed E-state index contributed by atoms with van der Waals surface area (Å²) in [6, 6.07) is 19.5. The number of imide groups is 1. The molecule has 8 nitrogen and oxygen atoms in total. The zero-order valence-electron chi connectivity index (χ0n) is 18.2. The summed E-state index contributed by atoms with van der Waals surface area (Å²) < 4.78 is 5.42. The fraction of sp³-hybridized carbons (Fsp3) is 0.0400. The maximum atomic E-state index is 13.1. The molecule has 3 amide bonds. The minimum absolute atomic E-state index is 0.150. The molecule has 4 rings (SSSR count). The summed E-state index contributed by atoms with van der Waals surface area (Å²) in [6.07, 6.45) is 0. The van der Waals surface area contributed by atoms with Crippen LogP contribution in [0.5, 0.6) is 0 Å². The van der Waals surface area contributed by atoms with Crippen LogP contribution in [0, 0.1) is 0 Å². The van der Waals surface area contributed by atoms with Gasteiger partial charge in [0, 0.05) is 15.7 Å². The minimum atomic E-state index is -0.746. The minimum Gasteiger partial charge on any atom is -0.465 e. The van der Waals surface area contributed by atoms with Crippen molar-refractivity contribution in [2.24, 2.45) is 0 Å². The Hall–Kier alpha value is -3.95. The van der Waals surface area contributed by atoms with E-state index in [2.05, 4.69) is 26.6 Å². The van der Waals surface area contributed by atoms with Gasteiger partial charge in [-0.2, -0.15) is 0 Å². The van der Waals surface area contributed by atoms with Crippen molar-refractivity contribution in [3.05, 3.63) is 99.1 Å². The molecule has 0 unspecified atom stereocenters. The summed E-state index contributed by atoms with van der Waals surface area (Å²) in [5, 5.41) is 5.33. The predicted octanol–water partition coefficient (Wildman–Crippen LogP) is 4.92. The number of hydrogen-bond donors (Lipinski definition) is 2. The number of para-hydroxylation sites is 1. The van der Waals surface area contributed by atoms with E-state index in [0.29, 0.717) is 16.9 Å². The lowest BCUT2D eigenvalue weighted by atomic mass is 10.1. The molecule has 1 aliphatic heterocycles. The second-order valence-electron chi connectivity index (χ2n) is 7.32. The number of anilines is 3. The predicted molar refractivity (Wildman–Crippen MR) is 135 cm³/mol. The van der Waals surface area contributed by atoms with Gasteiger partial charge in [0.2, 0.25) is 0 Å². The van der Waals surface area contributed by atoms with Crippen molar-refractivity contribution < 1.29 is 23.9 Å². The number of amides is 3. The lowest BCUT2D eigenvalue weighted by Gasteiger charge is -2.16. The van der Waals surface area contributed by atoms with Crippen molar-refractivity contribution >= 4 is 68.3 Å². The highest BCUT2D eigenvalue weighted by Gasteiger charge is 2.39. The molecule has 2 N–H and O–H groups in total. The van der Waals surface area contributed by atoms with Gasteiger partial charge in [-0.1, -0.05) is 35.9 Å². The molecule has 0 radical (unpaired) electrons. The Balaban J connectivity index is 1.55. The number of esters is 1. The third-order valence-electron chi connectivity index (χ3n) is 5.07. The Morgan fingerprint density at radius 3 is 2.37 bits per heavy atom. The fourth-order valence-corrected chi connectivity index (χ4v) is 3.97. The molecule has 3 aromatic carbocycles. The van der Waals surface area contributed by atoms with Crippen molar-refractivity contribution in [1.82, 2.24) is 0 Å². The van der Waals surface area contributed by atoms with Crippen LogP contribution < -0.4 is 15.5 Å². The molecule has 1 aliphatic rings. The first-order valence-electron chi connectivity index (χ1n) is 10.2. The quantitative estimate of drug-likeness (QED) is 0.331. The van der Waals surface area contributed by atoms with Gasteiger partial charge in [0.15, 0.2) is 0 Å². The van der Waals surface area contributed by atoms with E-state index in [-0.39, 0.29) is 27.9 Å². The molecule has 0 atom stereocenters. The first kappa shape index (κ1) is 24.2. The van der Waals surface area contributed by atoms with E-state index >= 15 is 0 Å². The second-order valence-corrected chi connectivity index (χ2v) is 8.55. The van der Waals surface area contributed by atoms with Gasteiger partial charge in [0.25, 0.3) is 17.7 Å². The van der Waals surface area contributed by atoms with Gasteiger partial charge in [-0.15, -0.1) is 0 Å². The summed E-state index contributed by atoms with van der Waals surface area (Å²) in [7, 11) is 1.23. The zero-order valence-corrected chi connectivity index (χ0v) is 20.5. The molecule has 0 saturated carbocycles. The molecule has 35 heavy (non-hydrogen) atoms. The van der Waals surface area contributed by atoms with Crippen LogP contribution >= 0.6 is 27.5 Å². The number of halogens is 2. The van der Waals surface area contributed by atoms with E-state index in [9.17, 15) is 19.2 Å². The number of hydrogen-bond acceptors (Lipinski definition) is 6. The topological polar surface area (TPSA) is 105 Å². The van der Waals surface area contributed by atoms with Crippen LogP contribution in [0.4, 0.5) is 17.1 Å². The molecular formula is C25H17BrClN3O5. The Bertz CT molecular complexity index is 1410. The first-order chi connectivity index (χ1) is 16.8.